The van der Waals surface area contributed by atoms with E-state index in [9.17, 15) is 9.59 Å². The van der Waals surface area contributed by atoms with Gasteiger partial charge in [0.05, 0.1) is 0 Å². The van der Waals surface area contributed by atoms with E-state index in [0.717, 1.165) is 42.4 Å². The van der Waals surface area contributed by atoms with Crippen molar-refractivity contribution in [2.75, 3.05) is 0 Å². The van der Waals surface area contributed by atoms with Gasteiger partial charge in [0.15, 0.2) is 11.2 Å². The van der Waals surface area contributed by atoms with Crippen molar-refractivity contribution in [2.45, 2.75) is 33.6 Å². The topological polar surface area (TPSA) is 34.1 Å². The maximum atomic E-state index is 12.5. The molecule has 170 valence electrons. The summed E-state index contributed by atoms with van der Waals surface area (Å²) < 4.78 is 2.13. The summed E-state index contributed by atoms with van der Waals surface area (Å²) >= 11 is 1.69. The molecule has 0 aliphatic heterocycles. The summed E-state index contributed by atoms with van der Waals surface area (Å²) in [7, 11) is 0. The molecule has 3 heteroatoms. The van der Waals surface area contributed by atoms with Crippen LogP contribution in [0.25, 0.3) is 20.2 Å². The molecule has 1 heterocycles. The fourth-order valence-corrected chi connectivity index (χ4v) is 4.97. The summed E-state index contributed by atoms with van der Waals surface area (Å²) in [6.07, 6.45) is 0. The quantitative estimate of drug-likeness (QED) is 0.200. The number of hydrogen-bond acceptors (Lipinski definition) is 3. The van der Waals surface area contributed by atoms with Crippen molar-refractivity contribution in [3.05, 3.63) is 129 Å². The van der Waals surface area contributed by atoms with Crippen LogP contribution in [0, 0.1) is 13.8 Å². The molecule has 5 rings (SSSR count). The van der Waals surface area contributed by atoms with Crippen LogP contribution in [-0.4, -0.2) is 5.78 Å². The number of benzene rings is 4. The first-order valence-electron chi connectivity index (χ1n) is 11.5. The van der Waals surface area contributed by atoms with Crippen LogP contribution in [0.15, 0.2) is 95.8 Å². The van der Waals surface area contributed by atoms with Gasteiger partial charge in [-0.15, -0.1) is 11.3 Å². The standard InChI is InChI=1S/C16H14OS.C15H14O/c1-10(2)11-7-8-15-13(9-11)16(17)12-5-3-4-6-14(12)18-15;1-11-7-6-10-14(12(11)2)15(16)13-8-4-3-5-9-13/h3-10H,1-2H3;3-10H,1-2H3. The van der Waals surface area contributed by atoms with Crippen molar-refractivity contribution in [2.24, 2.45) is 0 Å². The Bertz CT molecular complexity index is 1530. The van der Waals surface area contributed by atoms with Gasteiger partial charge in [0, 0.05) is 31.3 Å². The Kier molecular flexibility index (Phi) is 7.04. The Hall–Kier alpha value is -3.56. The molecule has 0 amide bonds. The third-order valence-electron chi connectivity index (χ3n) is 6.15. The number of carbonyl (C=O) groups excluding carboxylic acids is 1. The number of hydrogen-bond donors (Lipinski definition) is 0. The van der Waals surface area contributed by atoms with Crippen molar-refractivity contribution >= 4 is 37.3 Å². The van der Waals surface area contributed by atoms with Crippen molar-refractivity contribution in [1.29, 1.82) is 0 Å². The Morgan fingerprint density at radius 1 is 0.735 bits per heavy atom. The predicted molar refractivity (Wildman–Crippen MR) is 145 cm³/mol. The molecule has 0 spiro atoms. The van der Waals surface area contributed by atoms with Gasteiger partial charge in [-0.25, -0.2) is 0 Å². The highest BCUT2D eigenvalue weighted by molar-refractivity contribution is 7.24. The third kappa shape index (κ3) is 4.85. The second-order valence-electron chi connectivity index (χ2n) is 8.78. The zero-order valence-electron chi connectivity index (χ0n) is 20.0. The lowest BCUT2D eigenvalue weighted by Crippen LogP contribution is -2.04. The van der Waals surface area contributed by atoms with Crippen LogP contribution in [-0.2, 0) is 0 Å². The summed E-state index contributed by atoms with van der Waals surface area (Å²) in [6, 6.07) is 29.3. The van der Waals surface area contributed by atoms with Crippen LogP contribution in [0.3, 0.4) is 0 Å². The molecular weight excluding hydrogens is 436 g/mol. The van der Waals surface area contributed by atoms with Crippen LogP contribution in [0.5, 0.6) is 0 Å². The molecule has 5 aromatic rings. The lowest BCUT2D eigenvalue weighted by atomic mass is 9.96. The van der Waals surface area contributed by atoms with E-state index in [0.29, 0.717) is 5.92 Å². The lowest BCUT2D eigenvalue weighted by Gasteiger charge is -2.07. The highest BCUT2D eigenvalue weighted by Crippen LogP contribution is 2.27. The summed E-state index contributed by atoms with van der Waals surface area (Å²) in [6.45, 7) is 8.31. The molecule has 0 unspecified atom stereocenters. The zero-order chi connectivity index (χ0) is 24.2. The lowest BCUT2D eigenvalue weighted by molar-refractivity contribution is 0.103. The molecule has 0 aliphatic carbocycles. The van der Waals surface area contributed by atoms with E-state index in [1.165, 1.54) is 5.56 Å². The Balaban J connectivity index is 0.000000162. The average Bonchev–Trinajstić information content (AvgIpc) is 2.86. The number of carbonyl (C=O) groups is 1. The smallest absolute Gasteiger partial charge is 0.195 e. The normalized spacial score (nSPS) is 10.9. The average molecular weight is 465 g/mol. The summed E-state index contributed by atoms with van der Waals surface area (Å²) in [5.41, 5.74) is 5.14. The SMILES string of the molecule is CC(C)c1ccc2sc3ccccc3c(=O)c2c1.Cc1cccc(C(=O)c2ccccc2)c1C. The molecule has 4 aromatic carbocycles. The summed E-state index contributed by atoms with van der Waals surface area (Å²) in [5.74, 6) is 0.548. The molecule has 0 radical (unpaired) electrons. The van der Waals surface area contributed by atoms with Gasteiger partial charge >= 0.3 is 0 Å². The zero-order valence-corrected chi connectivity index (χ0v) is 20.8. The Morgan fingerprint density at radius 2 is 1.41 bits per heavy atom. The van der Waals surface area contributed by atoms with E-state index in [1.807, 2.05) is 92.7 Å². The first-order chi connectivity index (χ1) is 16.4. The summed E-state index contributed by atoms with van der Waals surface area (Å²) in [4.78, 5) is 24.7. The molecule has 0 bridgehead atoms. The van der Waals surface area contributed by atoms with Gasteiger partial charge in [0.2, 0.25) is 0 Å². The van der Waals surface area contributed by atoms with Crippen molar-refractivity contribution in [3.8, 4) is 0 Å². The largest absolute Gasteiger partial charge is 0.289 e. The first-order valence-corrected chi connectivity index (χ1v) is 12.3. The van der Waals surface area contributed by atoms with E-state index in [-0.39, 0.29) is 11.2 Å². The van der Waals surface area contributed by atoms with Gasteiger partial charge in [-0.3, -0.25) is 9.59 Å². The van der Waals surface area contributed by atoms with Crippen molar-refractivity contribution in [1.82, 2.24) is 0 Å². The van der Waals surface area contributed by atoms with Crippen LogP contribution >= 0.6 is 11.3 Å². The van der Waals surface area contributed by atoms with E-state index in [1.54, 1.807) is 11.3 Å². The Labute approximate surface area is 204 Å². The van der Waals surface area contributed by atoms with E-state index < -0.39 is 0 Å². The number of aryl methyl sites for hydroxylation is 1. The van der Waals surface area contributed by atoms with Gasteiger partial charge in [0.1, 0.15) is 0 Å². The van der Waals surface area contributed by atoms with E-state index >= 15 is 0 Å². The molecule has 0 aliphatic rings. The Morgan fingerprint density at radius 3 is 2.15 bits per heavy atom. The summed E-state index contributed by atoms with van der Waals surface area (Å²) in [5, 5.41) is 1.68. The van der Waals surface area contributed by atoms with Gasteiger partial charge in [-0.05, 0) is 60.7 Å². The van der Waals surface area contributed by atoms with Crippen molar-refractivity contribution in [3.63, 3.8) is 0 Å². The monoisotopic (exact) mass is 464 g/mol. The number of fused-ring (bicyclic) bond motifs is 2. The van der Waals surface area contributed by atoms with Crippen LogP contribution in [0.2, 0.25) is 0 Å². The molecular formula is C31H28O2S. The highest BCUT2D eigenvalue weighted by atomic mass is 32.1. The molecule has 0 atom stereocenters. The maximum Gasteiger partial charge on any atom is 0.195 e. The van der Waals surface area contributed by atoms with E-state index in [2.05, 4.69) is 26.0 Å². The molecule has 0 saturated heterocycles. The van der Waals surface area contributed by atoms with Gasteiger partial charge in [0.25, 0.3) is 0 Å². The second kappa shape index (κ2) is 10.1. The number of ketones is 1. The van der Waals surface area contributed by atoms with Gasteiger partial charge < -0.3 is 0 Å². The van der Waals surface area contributed by atoms with Gasteiger partial charge in [-0.1, -0.05) is 80.6 Å². The van der Waals surface area contributed by atoms with Crippen LogP contribution in [0.1, 0.15) is 52.4 Å². The maximum absolute atomic E-state index is 12.5. The van der Waals surface area contributed by atoms with Gasteiger partial charge in [-0.2, -0.15) is 0 Å². The molecule has 0 fully saturated rings. The highest BCUT2D eigenvalue weighted by Gasteiger charge is 2.11. The molecule has 34 heavy (non-hydrogen) atoms. The second-order valence-corrected chi connectivity index (χ2v) is 9.86. The molecule has 0 N–H and O–H groups in total. The molecule has 0 saturated carbocycles. The molecule has 1 aromatic heterocycles. The minimum Gasteiger partial charge on any atom is -0.289 e. The van der Waals surface area contributed by atoms with Crippen LogP contribution in [0.4, 0.5) is 0 Å². The van der Waals surface area contributed by atoms with Crippen LogP contribution < -0.4 is 5.43 Å². The van der Waals surface area contributed by atoms with Crippen molar-refractivity contribution < 1.29 is 4.79 Å². The minimum absolute atomic E-state index is 0.0989. The third-order valence-corrected chi connectivity index (χ3v) is 7.30. The fraction of sp³-hybridized carbons (Fsp3) is 0.161. The van der Waals surface area contributed by atoms with E-state index in [4.69, 9.17) is 0 Å². The first kappa shape index (κ1) is 23.6. The fourth-order valence-electron chi connectivity index (χ4n) is 3.92. The number of rotatable bonds is 3. The minimum atomic E-state index is 0.0989. The predicted octanol–water partition coefficient (Wildman–Crippen LogP) is 8.07. The molecule has 2 nitrogen and oxygen atoms in total.